The van der Waals surface area contributed by atoms with Gasteiger partial charge in [-0.05, 0) is 48.9 Å². The zero-order valence-electron chi connectivity index (χ0n) is 14.4. The van der Waals surface area contributed by atoms with E-state index in [4.69, 9.17) is 21.3 Å². The monoisotopic (exact) mass is 386 g/mol. The van der Waals surface area contributed by atoms with Crippen LogP contribution < -0.4 is 5.32 Å². The predicted octanol–water partition coefficient (Wildman–Crippen LogP) is 4.83. The molecule has 6 heteroatoms. The number of hydrogen-bond donors (Lipinski definition) is 1. The van der Waals surface area contributed by atoms with E-state index in [1.165, 1.54) is 0 Å². The first-order valence-electron chi connectivity index (χ1n) is 8.67. The summed E-state index contributed by atoms with van der Waals surface area (Å²) in [6.45, 7) is 3.24. The normalized spacial score (nSPS) is 16.9. The first-order chi connectivity index (χ1) is 12.6. The molecular formula is C20H19ClN2O2S. The van der Waals surface area contributed by atoms with Crippen LogP contribution in [0.5, 0.6) is 0 Å². The summed E-state index contributed by atoms with van der Waals surface area (Å²) in [6.07, 6.45) is 2.16. The summed E-state index contributed by atoms with van der Waals surface area (Å²) in [4.78, 5) is 18.7. The second-order valence-corrected chi connectivity index (χ2v) is 7.80. The molecular weight excluding hydrogens is 368 g/mol. The number of carbonyl (C=O) groups excluding carboxylic acids is 1. The highest BCUT2D eigenvalue weighted by Crippen LogP contribution is 2.31. The summed E-state index contributed by atoms with van der Waals surface area (Å²) in [5.41, 5.74) is 3.07. The van der Waals surface area contributed by atoms with Crippen molar-refractivity contribution in [3.63, 3.8) is 0 Å². The smallest absolute Gasteiger partial charge is 0.252 e. The van der Waals surface area contributed by atoms with Gasteiger partial charge < -0.3 is 10.1 Å². The Hall–Kier alpha value is -1.95. The number of hydrogen-bond acceptors (Lipinski definition) is 4. The van der Waals surface area contributed by atoms with Gasteiger partial charge in [0.25, 0.3) is 5.91 Å². The van der Waals surface area contributed by atoms with E-state index in [2.05, 4.69) is 5.32 Å². The maximum Gasteiger partial charge on any atom is 0.252 e. The number of halogens is 1. The molecule has 1 saturated heterocycles. The third kappa shape index (κ3) is 3.34. The van der Waals surface area contributed by atoms with Crippen LogP contribution in [0.1, 0.15) is 28.8 Å². The summed E-state index contributed by atoms with van der Waals surface area (Å²) in [7, 11) is 0. The molecule has 4 nitrogen and oxygen atoms in total. The molecule has 0 bridgehead atoms. The number of amides is 1. The zero-order valence-corrected chi connectivity index (χ0v) is 16.0. The lowest BCUT2D eigenvalue weighted by atomic mass is 10.0. The van der Waals surface area contributed by atoms with Crippen molar-refractivity contribution in [3.8, 4) is 10.6 Å². The summed E-state index contributed by atoms with van der Waals surface area (Å²) >= 11 is 7.89. The fraction of sp³-hybridized carbons (Fsp3) is 0.300. The number of ether oxygens (including phenoxy) is 1. The number of nitrogens with zero attached hydrogens (tertiary/aromatic N) is 1. The molecule has 1 aliphatic heterocycles. The van der Waals surface area contributed by atoms with Gasteiger partial charge in [0.1, 0.15) is 0 Å². The molecule has 1 atom stereocenters. The van der Waals surface area contributed by atoms with Crippen LogP contribution in [0.15, 0.2) is 35.7 Å². The summed E-state index contributed by atoms with van der Waals surface area (Å²) in [5, 5.41) is 6.49. The van der Waals surface area contributed by atoms with Crippen molar-refractivity contribution in [1.82, 2.24) is 10.3 Å². The number of pyridine rings is 1. The van der Waals surface area contributed by atoms with Gasteiger partial charge in [0.15, 0.2) is 0 Å². The molecule has 0 saturated carbocycles. The average molecular weight is 387 g/mol. The molecule has 1 N–H and O–H groups in total. The van der Waals surface area contributed by atoms with Gasteiger partial charge in [-0.3, -0.25) is 4.79 Å². The van der Waals surface area contributed by atoms with E-state index in [9.17, 15) is 4.79 Å². The second kappa shape index (κ2) is 7.35. The number of aryl methyl sites for hydroxylation is 1. The predicted molar refractivity (Wildman–Crippen MR) is 106 cm³/mol. The highest BCUT2D eigenvalue weighted by molar-refractivity contribution is 7.13. The Kier molecular flexibility index (Phi) is 4.94. The minimum atomic E-state index is -0.104. The Bertz CT molecular complexity index is 950. The molecule has 0 spiro atoms. The Balaban J connectivity index is 1.76. The van der Waals surface area contributed by atoms with E-state index < -0.39 is 0 Å². The molecule has 0 radical (unpaired) electrons. The van der Waals surface area contributed by atoms with Crippen molar-refractivity contribution >= 4 is 39.7 Å². The Morgan fingerprint density at radius 2 is 2.31 bits per heavy atom. The van der Waals surface area contributed by atoms with E-state index in [0.29, 0.717) is 17.1 Å². The van der Waals surface area contributed by atoms with E-state index in [1.807, 2.05) is 42.6 Å². The van der Waals surface area contributed by atoms with Crippen LogP contribution in [0.3, 0.4) is 0 Å². The number of aromatic nitrogens is 1. The summed E-state index contributed by atoms with van der Waals surface area (Å²) < 4.78 is 5.60. The molecule has 3 heterocycles. The third-order valence-electron chi connectivity index (χ3n) is 4.70. The first kappa shape index (κ1) is 17.5. The van der Waals surface area contributed by atoms with Crippen molar-refractivity contribution in [1.29, 1.82) is 0 Å². The zero-order chi connectivity index (χ0) is 18.1. The van der Waals surface area contributed by atoms with E-state index in [-0.39, 0.29) is 12.0 Å². The second-order valence-electron chi connectivity index (χ2n) is 6.45. The van der Waals surface area contributed by atoms with Gasteiger partial charge >= 0.3 is 0 Å². The maximum atomic E-state index is 12.9. The number of thiophene rings is 1. The Labute approximate surface area is 161 Å². The van der Waals surface area contributed by atoms with Gasteiger partial charge in [-0.15, -0.1) is 11.3 Å². The fourth-order valence-corrected chi connectivity index (χ4v) is 4.09. The van der Waals surface area contributed by atoms with E-state index in [1.54, 1.807) is 11.3 Å². The largest absolute Gasteiger partial charge is 0.376 e. The number of carbonyl (C=O) groups is 1. The lowest BCUT2D eigenvalue weighted by Gasteiger charge is -2.14. The topological polar surface area (TPSA) is 51.2 Å². The van der Waals surface area contributed by atoms with Gasteiger partial charge in [0.05, 0.1) is 27.8 Å². The Morgan fingerprint density at radius 1 is 1.42 bits per heavy atom. The quantitative estimate of drug-likeness (QED) is 0.698. The number of fused-ring (bicyclic) bond motifs is 1. The van der Waals surface area contributed by atoms with Crippen LogP contribution in [0.25, 0.3) is 21.5 Å². The fourth-order valence-electron chi connectivity index (χ4n) is 3.25. The lowest BCUT2D eigenvalue weighted by molar-refractivity contribution is 0.0859. The van der Waals surface area contributed by atoms with Crippen molar-refractivity contribution in [2.24, 2.45) is 0 Å². The van der Waals surface area contributed by atoms with Crippen molar-refractivity contribution < 1.29 is 9.53 Å². The molecule has 1 amide bonds. The highest BCUT2D eigenvalue weighted by atomic mass is 35.5. The molecule has 2 aromatic heterocycles. The summed E-state index contributed by atoms with van der Waals surface area (Å²) in [5.74, 6) is -0.104. The van der Waals surface area contributed by atoms with Crippen molar-refractivity contribution in [2.45, 2.75) is 25.9 Å². The van der Waals surface area contributed by atoms with Gasteiger partial charge in [0, 0.05) is 23.6 Å². The molecule has 1 aromatic carbocycles. The van der Waals surface area contributed by atoms with Crippen LogP contribution in [0.2, 0.25) is 5.02 Å². The number of rotatable bonds is 4. The van der Waals surface area contributed by atoms with Crippen LogP contribution in [0.4, 0.5) is 0 Å². The summed E-state index contributed by atoms with van der Waals surface area (Å²) in [6, 6.07) is 9.55. The van der Waals surface area contributed by atoms with Crippen LogP contribution in [-0.4, -0.2) is 30.1 Å². The SMILES string of the molecule is Cc1c(Cl)ccc2c(C(=O)NC[C@H]3CCCO3)cc(-c3cccs3)nc12. The van der Waals surface area contributed by atoms with Crippen LogP contribution in [-0.2, 0) is 4.74 Å². The molecule has 1 aliphatic rings. The molecule has 4 rings (SSSR count). The minimum Gasteiger partial charge on any atom is -0.376 e. The molecule has 26 heavy (non-hydrogen) atoms. The third-order valence-corrected chi connectivity index (χ3v) is 6.00. The van der Waals surface area contributed by atoms with Crippen LogP contribution >= 0.6 is 22.9 Å². The van der Waals surface area contributed by atoms with Gasteiger partial charge in [-0.2, -0.15) is 0 Å². The van der Waals surface area contributed by atoms with Gasteiger partial charge in [-0.1, -0.05) is 23.7 Å². The maximum absolute atomic E-state index is 12.9. The molecule has 0 unspecified atom stereocenters. The van der Waals surface area contributed by atoms with E-state index in [0.717, 1.165) is 46.5 Å². The molecule has 134 valence electrons. The first-order valence-corrected chi connectivity index (χ1v) is 9.93. The molecule has 0 aliphatic carbocycles. The number of benzene rings is 1. The van der Waals surface area contributed by atoms with Gasteiger partial charge in [-0.25, -0.2) is 4.98 Å². The minimum absolute atomic E-state index is 0.104. The van der Waals surface area contributed by atoms with Crippen molar-refractivity contribution in [3.05, 3.63) is 51.9 Å². The van der Waals surface area contributed by atoms with Gasteiger partial charge in [0.2, 0.25) is 0 Å². The van der Waals surface area contributed by atoms with E-state index >= 15 is 0 Å². The highest BCUT2D eigenvalue weighted by Gasteiger charge is 2.20. The van der Waals surface area contributed by atoms with Crippen LogP contribution in [0, 0.1) is 6.92 Å². The van der Waals surface area contributed by atoms with Crippen molar-refractivity contribution in [2.75, 3.05) is 13.2 Å². The average Bonchev–Trinajstić information content (AvgIpc) is 3.36. The Morgan fingerprint density at radius 3 is 3.04 bits per heavy atom. The molecule has 3 aromatic rings. The standard InChI is InChI=1S/C20H19ClN2O2S/c1-12-16(21)7-6-14-15(20(24)22-11-13-4-2-8-25-13)10-17(23-19(12)14)18-5-3-9-26-18/h3,5-7,9-10,13H,2,4,8,11H2,1H3,(H,22,24)/t13-/m1/s1. The lowest BCUT2D eigenvalue weighted by Crippen LogP contribution is -2.32. The molecule has 1 fully saturated rings. The number of nitrogens with one attached hydrogen (secondary N) is 1.